The number of carbonyl (C=O) groups is 2. The fourth-order valence-electron chi connectivity index (χ4n) is 4.97. The molecule has 10 nitrogen and oxygen atoms in total. The number of nitrogens with zero attached hydrogens (tertiary/aromatic N) is 5. The van der Waals surface area contributed by atoms with Crippen LogP contribution < -0.4 is 4.74 Å². The lowest BCUT2D eigenvalue weighted by Crippen LogP contribution is -2.46. The summed E-state index contributed by atoms with van der Waals surface area (Å²) in [5.74, 6) is 0.809. The average Bonchev–Trinajstić information content (AvgIpc) is 3.39. The molecular formula is C27H45N5O5S. The molecule has 11 heteroatoms. The van der Waals surface area contributed by atoms with Gasteiger partial charge in [-0.05, 0) is 50.6 Å². The molecule has 0 N–H and O–H groups in total. The summed E-state index contributed by atoms with van der Waals surface area (Å²) in [4.78, 5) is 34.5. The van der Waals surface area contributed by atoms with Gasteiger partial charge in [0.25, 0.3) is 0 Å². The van der Waals surface area contributed by atoms with Crippen LogP contribution in [0.25, 0.3) is 0 Å². The minimum Gasteiger partial charge on any atom is -0.497 e. The van der Waals surface area contributed by atoms with Gasteiger partial charge in [-0.15, -0.1) is 0 Å². The highest BCUT2D eigenvalue weighted by Crippen LogP contribution is 2.25. The minimum atomic E-state index is -1.34. The number of methoxy groups -OCH3 is 1. The number of likely N-dealkylation sites (tertiary alicyclic amines) is 1. The van der Waals surface area contributed by atoms with Crippen molar-refractivity contribution in [3.8, 4) is 5.75 Å². The first-order chi connectivity index (χ1) is 18.1. The standard InChI is InChI=1S/C27H45N5O5S/c1-21-17-24(36-6)18-22(2)27(21)38(35)29(4)15-16-37-20-26(34)30(5)23-7-10-32(19-23)25(33)8-9-31-13-11-28(3)12-14-31/h17-18,23H,7-16,19-20H2,1-6H3. The number of ether oxygens (including phenoxy) is 2. The lowest BCUT2D eigenvalue weighted by Gasteiger charge is -2.32. The van der Waals surface area contributed by atoms with Gasteiger partial charge in [0.2, 0.25) is 11.8 Å². The van der Waals surface area contributed by atoms with Crippen LogP contribution in [0.1, 0.15) is 24.0 Å². The second-order valence-corrected chi connectivity index (χ2v) is 12.0. The largest absolute Gasteiger partial charge is 0.497 e. The number of benzene rings is 1. The molecule has 2 aliphatic heterocycles. The van der Waals surface area contributed by atoms with Crippen molar-refractivity contribution in [1.29, 1.82) is 0 Å². The Hall–Kier alpha value is -2.05. The highest BCUT2D eigenvalue weighted by atomic mass is 32.2. The van der Waals surface area contributed by atoms with Gasteiger partial charge in [0.15, 0.2) is 0 Å². The molecule has 214 valence electrons. The average molecular weight is 552 g/mol. The molecule has 2 aliphatic rings. The van der Waals surface area contributed by atoms with E-state index in [1.807, 2.05) is 30.9 Å². The third-order valence-electron chi connectivity index (χ3n) is 7.60. The van der Waals surface area contributed by atoms with Gasteiger partial charge in [-0.1, -0.05) is 0 Å². The molecule has 0 aliphatic carbocycles. The molecule has 2 amide bonds. The van der Waals surface area contributed by atoms with E-state index in [-0.39, 0.29) is 31.1 Å². The van der Waals surface area contributed by atoms with Crippen LogP contribution in [0, 0.1) is 13.8 Å². The second-order valence-electron chi connectivity index (χ2n) is 10.4. The highest BCUT2D eigenvalue weighted by molar-refractivity contribution is 7.82. The van der Waals surface area contributed by atoms with E-state index < -0.39 is 11.0 Å². The van der Waals surface area contributed by atoms with E-state index in [2.05, 4.69) is 16.8 Å². The summed E-state index contributed by atoms with van der Waals surface area (Å²) in [5, 5.41) is 0. The lowest BCUT2D eigenvalue weighted by molar-refractivity contribution is -0.137. The summed E-state index contributed by atoms with van der Waals surface area (Å²) in [7, 11) is 5.97. The van der Waals surface area contributed by atoms with Crippen LogP contribution in [-0.4, -0.2) is 140 Å². The maximum Gasteiger partial charge on any atom is 0.248 e. The number of likely N-dealkylation sites (N-methyl/N-ethyl adjacent to an activating group) is 3. The quantitative estimate of drug-likeness (QED) is 0.358. The first kappa shape index (κ1) is 30.5. The van der Waals surface area contributed by atoms with Crippen molar-refractivity contribution in [2.45, 2.75) is 37.6 Å². The summed E-state index contributed by atoms with van der Waals surface area (Å²) in [6.45, 7) is 10.7. The zero-order chi connectivity index (χ0) is 27.8. The topological polar surface area (TPSA) is 85.9 Å². The number of piperazine rings is 1. The highest BCUT2D eigenvalue weighted by Gasteiger charge is 2.31. The Bertz CT molecular complexity index is 962. The smallest absolute Gasteiger partial charge is 0.248 e. The van der Waals surface area contributed by atoms with Crippen molar-refractivity contribution in [1.82, 2.24) is 23.9 Å². The predicted octanol–water partition coefficient (Wildman–Crippen LogP) is 0.980. The number of carbonyl (C=O) groups excluding carboxylic acids is 2. The van der Waals surface area contributed by atoms with Crippen LogP contribution in [0.3, 0.4) is 0 Å². The molecule has 0 aromatic heterocycles. The van der Waals surface area contributed by atoms with Crippen molar-refractivity contribution >= 4 is 22.8 Å². The minimum absolute atomic E-state index is 0.00915. The third-order valence-corrected chi connectivity index (χ3v) is 9.34. The Kier molecular flexibility index (Phi) is 11.5. The van der Waals surface area contributed by atoms with E-state index in [0.717, 1.165) is 60.9 Å². The molecule has 3 rings (SSSR count). The van der Waals surface area contributed by atoms with Crippen LogP contribution in [0.5, 0.6) is 5.75 Å². The normalized spacial score (nSPS) is 19.7. The van der Waals surface area contributed by atoms with Gasteiger partial charge in [0.05, 0.1) is 24.7 Å². The summed E-state index contributed by atoms with van der Waals surface area (Å²) in [5.41, 5.74) is 1.82. The van der Waals surface area contributed by atoms with Crippen LogP contribution in [0.4, 0.5) is 0 Å². The monoisotopic (exact) mass is 551 g/mol. The van der Waals surface area contributed by atoms with Gasteiger partial charge < -0.3 is 29.1 Å². The Morgan fingerprint density at radius 2 is 1.74 bits per heavy atom. The molecule has 38 heavy (non-hydrogen) atoms. The fourth-order valence-corrected chi connectivity index (χ4v) is 6.19. The number of amides is 2. The van der Waals surface area contributed by atoms with Gasteiger partial charge in [0, 0.05) is 72.9 Å². The van der Waals surface area contributed by atoms with Crippen molar-refractivity contribution < 1.29 is 23.3 Å². The van der Waals surface area contributed by atoms with Gasteiger partial charge in [-0.25, -0.2) is 8.51 Å². The molecule has 1 aromatic rings. The van der Waals surface area contributed by atoms with Crippen molar-refractivity contribution in [3.63, 3.8) is 0 Å². The number of aryl methyl sites for hydroxylation is 2. The molecule has 0 bridgehead atoms. The Labute approximate surface area is 230 Å². The number of hydrogen-bond donors (Lipinski definition) is 0. The summed E-state index contributed by atoms with van der Waals surface area (Å²) >= 11 is 0. The van der Waals surface area contributed by atoms with Crippen molar-refractivity contribution in [3.05, 3.63) is 23.3 Å². The van der Waals surface area contributed by atoms with Gasteiger partial charge in [-0.3, -0.25) is 9.59 Å². The Morgan fingerprint density at radius 1 is 1.08 bits per heavy atom. The molecule has 0 saturated carbocycles. The molecule has 2 fully saturated rings. The molecule has 2 saturated heterocycles. The maximum atomic E-state index is 13.1. The molecule has 0 spiro atoms. The third kappa shape index (κ3) is 8.22. The van der Waals surface area contributed by atoms with E-state index >= 15 is 0 Å². The van der Waals surface area contributed by atoms with E-state index in [1.54, 1.807) is 30.4 Å². The van der Waals surface area contributed by atoms with Crippen LogP contribution >= 0.6 is 0 Å². The molecular weight excluding hydrogens is 506 g/mol. The van der Waals surface area contributed by atoms with Crippen molar-refractivity contribution in [2.24, 2.45) is 0 Å². The summed E-state index contributed by atoms with van der Waals surface area (Å²) in [6.07, 6.45) is 1.31. The molecule has 2 unspecified atom stereocenters. The van der Waals surface area contributed by atoms with E-state index in [4.69, 9.17) is 9.47 Å². The van der Waals surface area contributed by atoms with Gasteiger partial charge in [0.1, 0.15) is 23.3 Å². The fraction of sp³-hybridized carbons (Fsp3) is 0.704. The summed E-state index contributed by atoms with van der Waals surface area (Å²) in [6, 6.07) is 3.77. The Morgan fingerprint density at radius 3 is 2.37 bits per heavy atom. The maximum absolute atomic E-state index is 13.1. The zero-order valence-electron chi connectivity index (χ0n) is 23.9. The predicted molar refractivity (Wildman–Crippen MR) is 149 cm³/mol. The van der Waals surface area contributed by atoms with E-state index in [0.29, 0.717) is 26.1 Å². The first-order valence-corrected chi connectivity index (χ1v) is 14.5. The van der Waals surface area contributed by atoms with E-state index in [9.17, 15) is 13.8 Å². The molecule has 2 atom stereocenters. The van der Waals surface area contributed by atoms with Crippen molar-refractivity contribution in [2.75, 3.05) is 93.8 Å². The Balaban J connectivity index is 1.36. The molecule has 0 radical (unpaired) electrons. The van der Waals surface area contributed by atoms with Crippen LogP contribution in [0.15, 0.2) is 17.0 Å². The van der Waals surface area contributed by atoms with Crippen LogP contribution in [0.2, 0.25) is 0 Å². The second kappa shape index (κ2) is 14.4. The lowest BCUT2D eigenvalue weighted by atomic mass is 10.1. The van der Waals surface area contributed by atoms with E-state index in [1.165, 1.54) is 0 Å². The first-order valence-electron chi connectivity index (χ1n) is 13.4. The zero-order valence-corrected chi connectivity index (χ0v) is 24.7. The molecule has 2 heterocycles. The van der Waals surface area contributed by atoms with Gasteiger partial charge in [-0.2, -0.15) is 0 Å². The number of hydrogen-bond acceptors (Lipinski definition) is 7. The summed E-state index contributed by atoms with van der Waals surface area (Å²) < 4.78 is 25.7. The van der Waals surface area contributed by atoms with Crippen LogP contribution in [-0.2, 0) is 25.3 Å². The number of rotatable bonds is 12. The SMILES string of the molecule is COc1cc(C)c(S(=O)N(C)CCOCC(=O)N(C)C2CCN(C(=O)CCN3CCN(C)CC3)C2)c(C)c1. The molecule has 1 aromatic carbocycles. The van der Waals surface area contributed by atoms with Gasteiger partial charge >= 0.3 is 0 Å².